The van der Waals surface area contributed by atoms with Gasteiger partial charge in [0.25, 0.3) is 0 Å². The maximum absolute atomic E-state index is 10.8. The summed E-state index contributed by atoms with van der Waals surface area (Å²) in [4.78, 5) is 10.8. The number of hydrogen-bond acceptors (Lipinski definition) is 2. The molecule has 0 spiro atoms. The Morgan fingerprint density at radius 3 is 2.80 bits per heavy atom. The number of Topliss-reactive ketones (excluding diaryl/α,β-unsaturated/α-hetero) is 1. The number of aliphatic hydroxyl groups is 1. The topological polar surface area (TPSA) is 37.3 Å². The van der Waals surface area contributed by atoms with Gasteiger partial charge < -0.3 is 5.11 Å². The molecule has 0 aliphatic carbocycles. The average Bonchev–Trinajstić information content (AvgIpc) is 1.88. The molecule has 0 bridgehead atoms. The van der Waals surface area contributed by atoms with Gasteiger partial charge in [-0.25, -0.2) is 0 Å². The van der Waals surface area contributed by atoms with Gasteiger partial charge in [-0.05, 0) is 6.42 Å². The quantitative estimate of drug-likeness (QED) is 0.587. The van der Waals surface area contributed by atoms with Crippen molar-refractivity contribution >= 4 is 5.78 Å². The Balaban J connectivity index is 3.46. The third kappa shape index (κ3) is 4.27. The smallest absolute Gasteiger partial charge is 0.139 e. The van der Waals surface area contributed by atoms with Gasteiger partial charge in [0.2, 0.25) is 0 Å². The van der Waals surface area contributed by atoms with Gasteiger partial charge in [0.1, 0.15) is 5.78 Å². The van der Waals surface area contributed by atoms with Gasteiger partial charge in [-0.1, -0.05) is 13.0 Å². The number of ketones is 1. The van der Waals surface area contributed by atoms with Gasteiger partial charge in [-0.3, -0.25) is 4.79 Å². The molecule has 1 N–H and O–H groups in total. The Hall–Kier alpha value is -0.630. The highest BCUT2D eigenvalue weighted by Crippen LogP contribution is 1.99. The average molecular weight is 142 g/mol. The highest BCUT2D eigenvalue weighted by molar-refractivity contribution is 5.80. The zero-order valence-electron chi connectivity index (χ0n) is 6.34. The van der Waals surface area contributed by atoms with Gasteiger partial charge in [0.05, 0.1) is 6.10 Å². The van der Waals surface area contributed by atoms with Crippen molar-refractivity contribution in [2.24, 2.45) is 0 Å². The second-order valence-corrected chi connectivity index (χ2v) is 2.30. The van der Waals surface area contributed by atoms with Crippen molar-refractivity contribution < 1.29 is 9.90 Å². The number of hydrogen-bond donors (Lipinski definition) is 1. The molecule has 0 aromatic rings. The molecule has 0 radical (unpaired) electrons. The summed E-state index contributed by atoms with van der Waals surface area (Å²) in [5.74, 6) is 0.0596. The highest BCUT2D eigenvalue weighted by Gasteiger charge is 2.05. The maximum Gasteiger partial charge on any atom is 0.139 e. The maximum atomic E-state index is 10.8. The minimum atomic E-state index is -0.465. The Morgan fingerprint density at radius 1 is 1.80 bits per heavy atom. The van der Waals surface area contributed by atoms with Crippen LogP contribution in [-0.2, 0) is 4.79 Å². The monoisotopic (exact) mass is 142 g/mol. The lowest BCUT2D eigenvalue weighted by atomic mass is 10.1. The molecule has 0 aromatic carbocycles. The molecule has 0 fully saturated rings. The van der Waals surface area contributed by atoms with E-state index in [2.05, 4.69) is 6.58 Å². The number of carbonyl (C=O) groups is 1. The zero-order valence-corrected chi connectivity index (χ0v) is 6.34. The zero-order chi connectivity index (χ0) is 7.98. The molecule has 0 aliphatic heterocycles. The summed E-state index contributed by atoms with van der Waals surface area (Å²) in [6.45, 7) is 5.28. The van der Waals surface area contributed by atoms with E-state index in [9.17, 15) is 4.79 Å². The van der Waals surface area contributed by atoms with E-state index in [1.807, 2.05) is 6.92 Å². The second-order valence-electron chi connectivity index (χ2n) is 2.30. The Labute approximate surface area is 61.6 Å². The van der Waals surface area contributed by atoms with Crippen LogP contribution in [0.3, 0.4) is 0 Å². The molecule has 58 valence electrons. The summed E-state index contributed by atoms with van der Waals surface area (Å²) in [5, 5.41) is 9.00. The first-order valence-electron chi connectivity index (χ1n) is 3.51. The minimum absolute atomic E-state index is 0.0596. The molecule has 1 atom stereocenters. The Kier molecular flexibility index (Phi) is 4.85. The van der Waals surface area contributed by atoms with Crippen molar-refractivity contribution in [3.8, 4) is 0 Å². The lowest BCUT2D eigenvalue weighted by molar-refractivity contribution is -0.120. The predicted octanol–water partition coefficient (Wildman–Crippen LogP) is 1.29. The standard InChI is InChI=1S/C8H14O2/c1-3-5-8(10)6-7(9)4-2/h3,7,9H,1,4-6H2,2H3/t7-/m0/s1. The molecule has 10 heavy (non-hydrogen) atoms. The molecule has 0 amide bonds. The van der Waals surface area contributed by atoms with Gasteiger partial charge in [0.15, 0.2) is 0 Å². The summed E-state index contributed by atoms with van der Waals surface area (Å²) in [7, 11) is 0. The summed E-state index contributed by atoms with van der Waals surface area (Å²) in [6, 6.07) is 0. The van der Waals surface area contributed by atoms with Crippen molar-refractivity contribution in [2.75, 3.05) is 0 Å². The lowest BCUT2D eigenvalue weighted by Gasteiger charge is -2.03. The third-order valence-corrected chi connectivity index (χ3v) is 1.31. The lowest BCUT2D eigenvalue weighted by Crippen LogP contribution is -2.11. The van der Waals surface area contributed by atoms with E-state index in [1.165, 1.54) is 0 Å². The molecule has 0 aliphatic rings. The van der Waals surface area contributed by atoms with Crippen molar-refractivity contribution in [3.63, 3.8) is 0 Å². The molecule has 0 saturated carbocycles. The Morgan fingerprint density at radius 2 is 2.40 bits per heavy atom. The van der Waals surface area contributed by atoms with Crippen LogP contribution in [0.25, 0.3) is 0 Å². The van der Waals surface area contributed by atoms with Crippen molar-refractivity contribution in [1.82, 2.24) is 0 Å². The van der Waals surface area contributed by atoms with Crippen LogP contribution in [0, 0.1) is 0 Å². The molecular formula is C8H14O2. The van der Waals surface area contributed by atoms with E-state index in [1.54, 1.807) is 6.08 Å². The normalized spacial score (nSPS) is 12.6. The number of allylic oxidation sites excluding steroid dienone is 1. The molecule has 0 saturated heterocycles. The van der Waals surface area contributed by atoms with Crippen LogP contribution in [0.5, 0.6) is 0 Å². The third-order valence-electron chi connectivity index (χ3n) is 1.31. The SMILES string of the molecule is C=CCC(=O)C[C@@H](O)CC. The molecule has 2 nitrogen and oxygen atoms in total. The minimum Gasteiger partial charge on any atom is -0.393 e. The summed E-state index contributed by atoms with van der Waals surface area (Å²) >= 11 is 0. The first-order chi connectivity index (χ1) is 4.70. The van der Waals surface area contributed by atoms with E-state index >= 15 is 0 Å². The Bertz CT molecular complexity index is 118. The first-order valence-corrected chi connectivity index (χ1v) is 3.51. The van der Waals surface area contributed by atoms with Crippen LogP contribution in [0.4, 0.5) is 0 Å². The van der Waals surface area contributed by atoms with Crippen LogP contribution in [0.15, 0.2) is 12.7 Å². The number of rotatable bonds is 5. The van der Waals surface area contributed by atoms with E-state index in [0.29, 0.717) is 12.8 Å². The van der Waals surface area contributed by atoms with E-state index in [-0.39, 0.29) is 12.2 Å². The van der Waals surface area contributed by atoms with E-state index in [0.717, 1.165) is 0 Å². The molecular weight excluding hydrogens is 128 g/mol. The van der Waals surface area contributed by atoms with Crippen molar-refractivity contribution in [2.45, 2.75) is 32.3 Å². The predicted molar refractivity (Wildman–Crippen MR) is 40.7 cm³/mol. The van der Waals surface area contributed by atoms with Crippen LogP contribution < -0.4 is 0 Å². The van der Waals surface area contributed by atoms with Crippen LogP contribution in [0.2, 0.25) is 0 Å². The summed E-state index contributed by atoms with van der Waals surface area (Å²) < 4.78 is 0. The van der Waals surface area contributed by atoms with Gasteiger partial charge >= 0.3 is 0 Å². The van der Waals surface area contributed by atoms with Gasteiger partial charge in [0, 0.05) is 12.8 Å². The van der Waals surface area contributed by atoms with Gasteiger partial charge in [-0.2, -0.15) is 0 Å². The number of aliphatic hydroxyl groups excluding tert-OH is 1. The van der Waals surface area contributed by atoms with Crippen molar-refractivity contribution in [1.29, 1.82) is 0 Å². The summed E-state index contributed by atoms with van der Waals surface area (Å²) in [5.41, 5.74) is 0. The van der Waals surface area contributed by atoms with Crippen molar-refractivity contribution in [3.05, 3.63) is 12.7 Å². The largest absolute Gasteiger partial charge is 0.393 e. The van der Waals surface area contributed by atoms with Crippen LogP contribution in [0.1, 0.15) is 26.2 Å². The highest BCUT2D eigenvalue weighted by atomic mass is 16.3. The van der Waals surface area contributed by atoms with Crippen LogP contribution >= 0.6 is 0 Å². The molecule has 0 unspecified atom stereocenters. The molecule has 2 heteroatoms. The van der Waals surface area contributed by atoms with Crippen LogP contribution in [-0.4, -0.2) is 17.0 Å². The second kappa shape index (κ2) is 5.18. The molecule has 0 heterocycles. The molecule has 0 aromatic heterocycles. The fraction of sp³-hybridized carbons (Fsp3) is 0.625. The van der Waals surface area contributed by atoms with E-state index < -0.39 is 6.10 Å². The molecule has 0 rings (SSSR count). The van der Waals surface area contributed by atoms with Gasteiger partial charge in [-0.15, -0.1) is 6.58 Å². The van der Waals surface area contributed by atoms with E-state index in [4.69, 9.17) is 5.11 Å². The first kappa shape index (κ1) is 9.37. The fourth-order valence-corrected chi connectivity index (χ4v) is 0.651. The fourth-order valence-electron chi connectivity index (χ4n) is 0.651. The summed E-state index contributed by atoms with van der Waals surface area (Å²) in [6.07, 6.45) is 2.38. The number of carbonyl (C=O) groups excluding carboxylic acids is 1.